The van der Waals surface area contributed by atoms with E-state index in [2.05, 4.69) is 4.98 Å². The Labute approximate surface area is 153 Å². The smallest absolute Gasteiger partial charge is 0.268 e. The molecule has 3 aromatic rings. The summed E-state index contributed by atoms with van der Waals surface area (Å²) in [5, 5.41) is 2.15. The quantitative estimate of drug-likeness (QED) is 0.660. The van der Waals surface area contributed by atoms with Gasteiger partial charge in [-0.25, -0.2) is 9.88 Å². The Kier molecular flexibility index (Phi) is 3.93. The van der Waals surface area contributed by atoms with Gasteiger partial charge in [0.2, 0.25) is 0 Å². The van der Waals surface area contributed by atoms with Crippen LogP contribution in [0.25, 0.3) is 11.3 Å². The fraction of sp³-hybridized carbons (Fsp3) is 0.105. The third kappa shape index (κ3) is 2.44. The second-order valence-electron chi connectivity index (χ2n) is 5.58. The molecule has 0 bridgehead atoms. The second-order valence-corrected chi connectivity index (χ2v) is 6.41. The zero-order chi connectivity index (χ0) is 18.3. The van der Waals surface area contributed by atoms with Gasteiger partial charge in [-0.15, -0.1) is 11.3 Å². The summed E-state index contributed by atoms with van der Waals surface area (Å²) in [6.45, 7) is 0. The fourth-order valence-electron chi connectivity index (χ4n) is 2.86. The van der Waals surface area contributed by atoms with Crippen molar-refractivity contribution in [1.29, 1.82) is 0 Å². The highest BCUT2D eigenvalue weighted by molar-refractivity contribution is 7.14. The van der Waals surface area contributed by atoms with Gasteiger partial charge in [-0.3, -0.25) is 9.59 Å². The minimum absolute atomic E-state index is 0.348. The lowest BCUT2D eigenvalue weighted by Crippen LogP contribution is -2.29. The van der Waals surface area contributed by atoms with Crippen molar-refractivity contribution in [3.05, 3.63) is 59.0 Å². The molecule has 0 spiro atoms. The summed E-state index contributed by atoms with van der Waals surface area (Å²) < 4.78 is 10.6. The first-order valence-electron chi connectivity index (χ1n) is 7.79. The van der Waals surface area contributed by atoms with Crippen molar-refractivity contribution in [3.8, 4) is 22.8 Å². The van der Waals surface area contributed by atoms with Crippen LogP contribution in [0.15, 0.2) is 47.8 Å². The number of amides is 2. The first-order chi connectivity index (χ1) is 12.6. The topological polar surface area (TPSA) is 68.7 Å². The molecule has 0 radical (unpaired) electrons. The minimum atomic E-state index is -0.348. The molecule has 26 heavy (non-hydrogen) atoms. The molecule has 1 aliphatic rings. The zero-order valence-electron chi connectivity index (χ0n) is 14.1. The van der Waals surface area contributed by atoms with E-state index in [9.17, 15) is 9.59 Å². The molecule has 2 aromatic carbocycles. The van der Waals surface area contributed by atoms with Crippen molar-refractivity contribution in [2.75, 3.05) is 19.1 Å². The second kappa shape index (κ2) is 6.27. The monoisotopic (exact) mass is 366 g/mol. The highest BCUT2D eigenvalue weighted by Gasteiger charge is 2.38. The fourth-order valence-corrected chi connectivity index (χ4v) is 3.69. The number of ether oxygens (including phenoxy) is 2. The largest absolute Gasteiger partial charge is 0.493 e. The van der Waals surface area contributed by atoms with Crippen molar-refractivity contribution in [1.82, 2.24) is 4.98 Å². The Balaban J connectivity index is 1.70. The number of methoxy groups -OCH3 is 2. The number of hydrogen-bond donors (Lipinski definition) is 0. The van der Waals surface area contributed by atoms with Crippen molar-refractivity contribution in [2.24, 2.45) is 0 Å². The maximum Gasteiger partial charge on any atom is 0.268 e. The predicted octanol–water partition coefficient (Wildman–Crippen LogP) is 3.63. The van der Waals surface area contributed by atoms with E-state index in [0.717, 1.165) is 10.5 Å². The molecule has 130 valence electrons. The minimum Gasteiger partial charge on any atom is -0.493 e. The van der Waals surface area contributed by atoms with Gasteiger partial charge >= 0.3 is 0 Å². The highest BCUT2D eigenvalue weighted by atomic mass is 32.1. The lowest BCUT2D eigenvalue weighted by atomic mass is 10.1. The molecular weight excluding hydrogens is 352 g/mol. The average molecular weight is 366 g/mol. The molecule has 2 heterocycles. The molecule has 0 saturated heterocycles. The SMILES string of the molecule is COc1ccc(-c2csc(N3C(=O)c4ccccc4C3=O)n2)cc1OC. The van der Waals surface area contributed by atoms with E-state index in [1.807, 2.05) is 6.07 Å². The van der Waals surface area contributed by atoms with Crippen molar-refractivity contribution in [3.63, 3.8) is 0 Å². The lowest BCUT2D eigenvalue weighted by Gasteiger charge is -2.09. The Bertz CT molecular complexity index is 993. The third-order valence-corrected chi connectivity index (χ3v) is 4.98. The molecule has 0 N–H and O–H groups in total. The van der Waals surface area contributed by atoms with Gasteiger partial charge < -0.3 is 9.47 Å². The van der Waals surface area contributed by atoms with Crippen LogP contribution < -0.4 is 14.4 Å². The van der Waals surface area contributed by atoms with E-state index in [-0.39, 0.29) is 11.8 Å². The number of anilines is 1. The molecule has 0 atom stereocenters. The number of benzene rings is 2. The molecule has 2 amide bonds. The summed E-state index contributed by atoms with van der Waals surface area (Å²) in [5.41, 5.74) is 2.27. The van der Waals surface area contributed by atoms with Gasteiger partial charge in [-0.1, -0.05) is 12.1 Å². The number of carbonyl (C=O) groups is 2. The number of fused-ring (bicyclic) bond motifs is 1. The normalized spacial score (nSPS) is 13.1. The maximum absolute atomic E-state index is 12.6. The summed E-state index contributed by atoms with van der Waals surface area (Å²) in [6.07, 6.45) is 0. The van der Waals surface area contributed by atoms with Gasteiger partial charge in [0.25, 0.3) is 11.8 Å². The molecular formula is C19H14N2O4S. The summed E-state index contributed by atoms with van der Waals surface area (Å²) in [7, 11) is 3.13. The number of thiazole rings is 1. The van der Waals surface area contributed by atoms with Crippen LogP contribution in [0, 0.1) is 0 Å². The van der Waals surface area contributed by atoms with Crippen LogP contribution in [0.1, 0.15) is 20.7 Å². The summed E-state index contributed by atoms with van der Waals surface area (Å²) in [5.74, 6) is 0.505. The van der Waals surface area contributed by atoms with E-state index in [0.29, 0.717) is 33.5 Å². The van der Waals surface area contributed by atoms with Crippen LogP contribution in [-0.2, 0) is 0 Å². The molecule has 7 heteroatoms. The van der Waals surface area contributed by atoms with Crippen LogP contribution in [0.3, 0.4) is 0 Å². The van der Waals surface area contributed by atoms with Gasteiger partial charge in [0, 0.05) is 10.9 Å². The van der Waals surface area contributed by atoms with E-state index < -0.39 is 0 Å². The van der Waals surface area contributed by atoms with Crippen LogP contribution in [0.5, 0.6) is 11.5 Å². The molecule has 0 fully saturated rings. The van der Waals surface area contributed by atoms with E-state index in [1.165, 1.54) is 11.3 Å². The Morgan fingerprint density at radius 3 is 2.19 bits per heavy atom. The highest BCUT2D eigenvalue weighted by Crippen LogP contribution is 2.36. The van der Waals surface area contributed by atoms with Crippen molar-refractivity contribution in [2.45, 2.75) is 0 Å². The molecule has 0 unspecified atom stereocenters. The van der Waals surface area contributed by atoms with Gasteiger partial charge in [0.1, 0.15) is 0 Å². The molecule has 1 aromatic heterocycles. The van der Waals surface area contributed by atoms with Gasteiger partial charge in [-0.05, 0) is 30.3 Å². The Morgan fingerprint density at radius 2 is 1.58 bits per heavy atom. The van der Waals surface area contributed by atoms with Gasteiger partial charge in [-0.2, -0.15) is 0 Å². The molecule has 0 saturated carbocycles. The van der Waals surface area contributed by atoms with E-state index >= 15 is 0 Å². The molecule has 6 nitrogen and oxygen atoms in total. The first kappa shape index (κ1) is 16.3. The number of rotatable bonds is 4. The number of nitrogens with zero attached hydrogens (tertiary/aromatic N) is 2. The lowest BCUT2D eigenvalue weighted by molar-refractivity contribution is 0.0926. The zero-order valence-corrected chi connectivity index (χ0v) is 14.9. The number of aromatic nitrogens is 1. The molecule has 1 aliphatic heterocycles. The molecule has 0 aliphatic carbocycles. The van der Waals surface area contributed by atoms with Gasteiger partial charge in [0.05, 0.1) is 31.0 Å². The number of imide groups is 1. The molecule has 4 rings (SSSR count). The third-order valence-electron chi connectivity index (χ3n) is 4.16. The predicted molar refractivity (Wildman–Crippen MR) is 98.2 cm³/mol. The summed E-state index contributed by atoms with van der Waals surface area (Å²) >= 11 is 1.24. The Hall–Kier alpha value is -3.19. The Morgan fingerprint density at radius 1 is 0.923 bits per heavy atom. The number of hydrogen-bond acceptors (Lipinski definition) is 6. The van der Waals surface area contributed by atoms with Crippen LogP contribution in [0.4, 0.5) is 5.13 Å². The van der Waals surface area contributed by atoms with Gasteiger partial charge in [0.15, 0.2) is 16.6 Å². The summed E-state index contributed by atoms with van der Waals surface area (Å²) in [6, 6.07) is 12.2. The van der Waals surface area contributed by atoms with Crippen LogP contribution in [0.2, 0.25) is 0 Å². The first-order valence-corrected chi connectivity index (χ1v) is 8.67. The van der Waals surface area contributed by atoms with Crippen LogP contribution in [-0.4, -0.2) is 31.0 Å². The summed E-state index contributed by atoms with van der Waals surface area (Å²) in [4.78, 5) is 30.8. The van der Waals surface area contributed by atoms with E-state index in [4.69, 9.17) is 9.47 Å². The van der Waals surface area contributed by atoms with Crippen molar-refractivity contribution >= 4 is 28.3 Å². The van der Waals surface area contributed by atoms with E-state index in [1.54, 1.807) is 56.0 Å². The maximum atomic E-state index is 12.6. The standard InChI is InChI=1S/C19H14N2O4S/c1-24-15-8-7-11(9-16(15)25-2)14-10-26-19(20-14)21-17(22)12-5-3-4-6-13(12)18(21)23/h3-10H,1-2H3. The van der Waals surface area contributed by atoms with Crippen LogP contribution >= 0.6 is 11.3 Å². The van der Waals surface area contributed by atoms with Crippen molar-refractivity contribution < 1.29 is 19.1 Å². The average Bonchev–Trinajstić information content (AvgIpc) is 3.25. The number of carbonyl (C=O) groups excluding carboxylic acids is 2.